The molecule has 0 aliphatic carbocycles. The van der Waals surface area contributed by atoms with E-state index < -0.39 is 0 Å². The van der Waals surface area contributed by atoms with Gasteiger partial charge >= 0.3 is 0 Å². The van der Waals surface area contributed by atoms with Crippen LogP contribution in [0.15, 0.2) is 72.8 Å². The molecule has 0 saturated heterocycles. The zero-order chi connectivity index (χ0) is 21.8. The Balaban J connectivity index is 1.65. The fourth-order valence-corrected chi connectivity index (χ4v) is 3.71. The van der Waals surface area contributed by atoms with Gasteiger partial charge in [-0.25, -0.2) is 0 Å². The normalized spacial score (nSPS) is 11.9. The first-order valence-corrected chi connectivity index (χ1v) is 10.9. The fraction of sp³-hybridized carbons (Fsp3) is 0.357. The van der Waals surface area contributed by atoms with Crippen LogP contribution in [0.1, 0.15) is 52.7 Å². The van der Waals surface area contributed by atoms with Crippen LogP contribution in [0.2, 0.25) is 0 Å². The van der Waals surface area contributed by atoms with Crippen LogP contribution in [0.5, 0.6) is 0 Å². The minimum absolute atomic E-state index is 0.288. The molecule has 158 valence electrons. The zero-order valence-electron chi connectivity index (χ0n) is 19.3. The molecule has 0 radical (unpaired) electrons. The van der Waals surface area contributed by atoms with Crippen molar-refractivity contribution >= 4 is 22.7 Å². The third kappa shape index (κ3) is 7.26. The summed E-state index contributed by atoms with van der Waals surface area (Å²) >= 11 is 0. The van der Waals surface area contributed by atoms with Crippen molar-refractivity contribution < 1.29 is 0 Å². The molecule has 2 N–H and O–H groups in total. The van der Waals surface area contributed by atoms with Gasteiger partial charge < -0.3 is 10.6 Å². The summed E-state index contributed by atoms with van der Waals surface area (Å²) in [5, 5.41) is 7.06. The fourth-order valence-electron chi connectivity index (χ4n) is 3.71. The van der Waals surface area contributed by atoms with E-state index in [0.717, 1.165) is 35.6 Å². The Morgan fingerprint density at radius 1 is 0.500 bits per heavy atom. The SMILES string of the molecule is CC(C)(C)Cc1cccc(Nc2ccc(Nc3cccc(CC(C)(C)C)c3)cc2)c1. The molecule has 0 unspecified atom stereocenters. The number of hydrogen-bond acceptors (Lipinski definition) is 2. The average Bonchev–Trinajstić information content (AvgIpc) is 2.61. The highest BCUT2D eigenvalue weighted by atomic mass is 14.9. The molecule has 0 fully saturated rings. The molecule has 0 aliphatic rings. The van der Waals surface area contributed by atoms with Crippen LogP contribution >= 0.6 is 0 Å². The molecule has 0 amide bonds. The van der Waals surface area contributed by atoms with E-state index in [1.807, 2.05) is 0 Å². The number of nitrogens with one attached hydrogen (secondary N) is 2. The maximum atomic E-state index is 3.53. The predicted molar refractivity (Wildman–Crippen MR) is 132 cm³/mol. The van der Waals surface area contributed by atoms with E-state index in [1.165, 1.54) is 11.1 Å². The van der Waals surface area contributed by atoms with E-state index in [9.17, 15) is 0 Å². The van der Waals surface area contributed by atoms with Gasteiger partial charge in [0.1, 0.15) is 0 Å². The highest BCUT2D eigenvalue weighted by Gasteiger charge is 2.12. The molecule has 0 atom stereocenters. The lowest BCUT2D eigenvalue weighted by Gasteiger charge is -2.19. The van der Waals surface area contributed by atoms with Crippen LogP contribution in [0, 0.1) is 10.8 Å². The summed E-state index contributed by atoms with van der Waals surface area (Å²) in [6.45, 7) is 13.7. The molecule has 0 heterocycles. The van der Waals surface area contributed by atoms with E-state index in [2.05, 4.69) is 125 Å². The van der Waals surface area contributed by atoms with Crippen molar-refractivity contribution in [1.29, 1.82) is 0 Å². The molecule has 3 aromatic rings. The number of hydrogen-bond donors (Lipinski definition) is 2. The molecule has 0 spiro atoms. The van der Waals surface area contributed by atoms with Crippen molar-refractivity contribution in [2.45, 2.75) is 54.4 Å². The van der Waals surface area contributed by atoms with E-state index >= 15 is 0 Å². The number of rotatable bonds is 6. The van der Waals surface area contributed by atoms with Crippen molar-refractivity contribution in [3.8, 4) is 0 Å². The Morgan fingerprint density at radius 2 is 0.867 bits per heavy atom. The summed E-state index contributed by atoms with van der Waals surface area (Å²) < 4.78 is 0. The molecule has 0 aromatic heterocycles. The van der Waals surface area contributed by atoms with Gasteiger partial charge in [0.2, 0.25) is 0 Å². The maximum Gasteiger partial charge on any atom is 0.0386 e. The second-order valence-electron chi connectivity index (χ2n) is 10.7. The Labute approximate surface area is 182 Å². The Hall–Kier alpha value is -2.74. The maximum absolute atomic E-state index is 3.53. The summed E-state index contributed by atoms with van der Waals surface area (Å²) in [4.78, 5) is 0. The summed E-state index contributed by atoms with van der Waals surface area (Å²) in [5.41, 5.74) is 7.75. The highest BCUT2D eigenvalue weighted by Crippen LogP contribution is 2.26. The van der Waals surface area contributed by atoms with Gasteiger partial charge in [-0.1, -0.05) is 65.8 Å². The first kappa shape index (κ1) is 22.0. The van der Waals surface area contributed by atoms with Gasteiger partial charge in [-0.2, -0.15) is 0 Å². The number of anilines is 4. The van der Waals surface area contributed by atoms with E-state index in [1.54, 1.807) is 0 Å². The van der Waals surface area contributed by atoms with Crippen LogP contribution in [0.3, 0.4) is 0 Å². The van der Waals surface area contributed by atoms with Crippen molar-refractivity contribution in [3.05, 3.63) is 83.9 Å². The molecule has 3 aromatic carbocycles. The largest absolute Gasteiger partial charge is 0.356 e. The minimum atomic E-state index is 0.288. The minimum Gasteiger partial charge on any atom is -0.356 e. The van der Waals surface area contributed by atoms with Crippen LogP contribution < -0.4 is 10.6 Å². The summed E-state index contributed by atoms with van der Waals surface area (Å²) in [6, 6.07) is 25.9. The quantitative estimate of drug-likeness (QED) is 0.434. The molecule has 3 rings (SSSR count). The highest BCUT2D eigenvalue weighted by molar-refractivity contribution is 5.66. The van der Waals surface area contributed by atoms with Crippen molar-refractivity contribution in [3.63, 3.8) is 0 Å². The second kappa shape index (κ2) is 8.95. The third-order valence-electron chi connectivity index (χ3n) is 4.79. The standard InChI is InChI=1S/C28H36N2/c1-27(2,3)19-21-9-7-11-25(17-21)29-23-13-15-24(16-14-23)30-26-12-8-10-22(18-26)20-28(4,5)6/h7-18,29-30H,19-20H2,1-6H3. The van der Waals surface area contributed by atoms with E-state index in [0.29, 0.717) is 0 Å². The molecular weight excluding hydrogens is 364 g/mol. The molecule has 2 heteroatoms. The lowest BCUT2D eigenvalue weighted by molar-refractivity contribution is 0.411. The Kier molecular flexibility index (Phi) is 6.55. The zero-order valence-corrected chi connectivity index (χ0v) is 19.3. The van der Waals surface area contributed by atoms with Crippen molar-refractivity contribution in [2.24, 2.45) is 10.8 Å². The Bertz CT molecular complexity index is 876. The van der Waals surface area contributed by atoms with Crippen molar-refractivity contribution in [1.82, 2.24) is 0 Å². The van der Waals surface area contributed by atoms with Gasteiger partial charge in [0, 0.05) is 22.7 Å². The van der Waals surface area contributed by atoms with Gasteiger partial charge in [-0.3, -0.25) is 0 Å². The smallest absolute Gasteiger partial charge is 0.0386 e. The number of benzene rings is 3. The van der Waals surface area contributed by atoms with Crippen LogP contribution in [0.4, 0.5) is 22.7 Å². The van der Waals surface area contributed by atoms with E-state index in [4.69, 9.17) is 0 Å². The Morgan fingerprint density at radius 3 is 1.20 bits per heavy atom. The summed E-state index contributed by atoms with van der Waals surface area (Å²) in [6.07, 6.45) is 2.14. The monoisotopic (exact) mass is 400 g/mol. The second-order valence-corrected chi connectivity index (χ2v) is 10.7. The lowest BCUT2D eigenvalue weighted by atomic mass is 9.88. The molecule has 0 aliphatic heterocycles. The molecule has 30 heavy (non-hydrogen) atoms. The van der Waals surface area contributed by atoms with Gasteiger partial charge in [-0.15, -0.1) is 0 Å². The molecule has 0 bridgehead atoms. The van der Waals surface area contributed by atoms with E-state index in [-0.39, 0.29) is 10.8 Å². The third-order valence-corrected chi connectivity index (χ3v) is 4.79. The molecular formula is C28H36N2. The van der Waals surface area contributed by atoms with Gasteiger partial charge in [-0.05, 0) is 83.3 Å². The lowest BCUT2D eigenvalue weighted by Crippen LogP contribution is -2.09. The van der Waals surface area contributed by atoms with Crippen LogP contribution in [-0.4, -0.2) is 0 Å². The first-order valence-electron chi connectivity index (χ1n) is 10.9. The van der Waals surface area contributed by atoms with Crippen LogP contribution in [-0.2, 0) is 12.8 Å². The molecule has 2 nitrogen and oxygen atoms in total. The van der Waals surface area contributed by atoms with Gasteiger partial charge in [0.25, 0.3) is 0 Å². The van der Waals surface area contributed by atoms with Gasteiger partial charge in [0.05, 0.1) is 0 Å². The van der Waals surface area contributed by atoms with Crippen LogP contribution in [0.25, 0.3) is 0 Å². The summed E-state index contributed by atoms with van der Waals surface area (Å²) in [5.74, 6) is 0. The predicted octanol–water partition coefficient (Wildman–Crippen LogP) is 8.35. The first-order chi connectivity index (χ1) is 14.1. The van der Waals surface area contributed by atoms with Gasteiger partial charge in [0.15, 0.2) is 0 Å². The summed E-state index contributed by atoms with van der Waals surface area (Å²) in [7, 11) is 0. The topological polar surface area (TPSA) is 24.1 Å². The average molecular weight is 401 g/mol. The van der Waals surface area contributed by atoms with Crippen molar-refractivity contribution in [2.75, 3.05) is 10.6 Å². The molecule has 0 saturated carbocycles.